The van der Waals surface area contributed by atoms with Crippen molar-refractivity contribution in [1.82, 2.24) is 20.2 Å². The Morgan fingerprint density at radius 1 is 1.11 bits per heavy atom. The van der Waals surface area contributed by atoms with Crippen LogP contribution in [0.2, 0.25) is 0 Å². The van der Waals surface area contributed by atoms with E-state index in [0.717, 1.165) is 38.3 Å². The topological polar surface area (TPSA) is 61.4 Å². The first-order valence-corrected chi connectivity index (χ1v) is 10.4. The molecule has 1 N–H and O–H groups in total. The third-order valence-electron chi connectivity index (χ3n) is 5.90. The number of nitrogens with zero attached hydrogens (tertiary/aromatic N) is 4. The molecule has 0 radical (unpaired) electrons. The van der Waals surface area contributed by atoms with Crippen LogP contribution in [0.4, 0.5) is 5.82 Å². The van der Waals surface area contributed by atoms with Gasteiger partial charge in [-0.2, -0.15) is 0 Å². The van der Waals surface area contributed by atoms with Crippen molar-refractivity contribution >= 4 is 11.7 Å². The number of piperidine rings is 1. The van der Waals surface area contributed by atoms with Gasteiger partial charge in [0.1, 0.15) is 5.82 Å². The fourth-order valence-corrected chi connectivity index (χ4v) is 4.38. The minimum Gasteiger partial charge on any atom is -0.355 e. The van der Waals surface area contributed by atoms with E-state index in [4.69, 9.17) is 0 Å². The lowest BCUT2D eigenvalue weighted by molar-refractivity contribution is -0.125. The first-order valence-electron chi connectivity index (χ1n) is 10.4. The van der Waals surface area contributed by atoms with E-state index in [0.29, 0.717) is 13.1 Å². The first-order chi connectivity index (χ1) is 13.8. The zero-order chi connectivity index (χ0) is 19.2. The van der Waals surface area contributed by atoms with Gasteiger partial charge >= 0.3 is 0 Å². The van der Waals surface area contributed by atoms with Crippen LogP contribution in [0.15, 0.2) is 48.9 Å². The SMILES string of the molecule is O=C(NCC(c1ccccc1)N1CCCC1)C1CCCN(c2cnccn2)C1. The van der Waals surface area contributed by atoms with Gasteiger partial charge in [0.25, 0.3) is 0 Å². The normalized spacial score (nSPS) is 21.4. The summed E-state index contributed by atoms with van der Waals surface area (Å²) in [6, 6.07) is 10.8. The minimum absolute atomic E-state index is 0.00533. The Bertz CT molecular complexity index is 748. The second kappa shape index (κ2) is 9.15. The number of benzene rings is 1. The zero-order valence-electron chi connectivity index (χ0n) is 16.3. The van der Waals surface area contributed by atoms with Crippen molar-refractivity contribution in [3.63, 3.8) is 0 Å². The lowest BCUT2D eigenvalue weighted by Gasteiger charge is -2.33. The number of aromatic nitrogens is 2. The Labute approximate surface area is 167 Å². The van der Waals surface area contributed by atoms with E-state index in [1.807, 2.05) is 6.07 Å². The lowest BCUT2D eigenvalue weighted by atomic mass is 9.96. The highest BCUT2D eigenvalue weighted by atomic mass is 16.1. The molecule has 28 heavy (non-hydrogen) atoms. The predicted octanol–water partition coefficient (Wildman–Crippen LogP) is 2.65. The zero-order valence-corrected chi connectivity index (χ0v) is 16.3. The van der Waals surface area contributed by atoms with Crippen molar-refractivity contribution in [3.8, 4) is 0 Å². The maximum atomic E-state index is 12.9. The first kappa shape index (κ1) is 18.9. The number of nitrogens with one attached hydrogen (secondary N) is 1. The molecule has 4 rings (SSSR count). The molecule has 3 heterocycles. The molecule has 0 bridgehead atoms. The fourth-order valence-electron chi connectivity index (χ4n) is 4.38. The van der Waals surface area contributed by atoms with E-state index in [-0.39, 0.29) is 17.9 Å². The summed E-state index contributed by atoms with van der Waals surface area (Å²) in [5.41, 5.74) is 1.29. The van der Waals surface area contributed by atoms with E-state index < -0.39 is 0 Å². The van der Waals surface area contributed by atoms with Crippen molar-refractivity contribution in [3.05, 3.63) is 54.5 Å². The van der Waals surface area contributed by atoms with E-state index in [1.165, 1.54) is 18.4 Å². The minimum atomic E-state index is 0.00533. The molecule has 1 amide bonds. The molecule has 0 saturated carbocycles. The number of anilines is 1. The highest BCUT2D eigenvalue weighted by molar-refractivity contribution is 5.79. The third kappa shape index (κ3) is 4.50. The Hall–Kier alpha value is -2.47. The molecule has 0 spiro atoms. The molecule has 2 saturated heterocycles. The summed E-state index contributed by atoms with van der Waals surface area (Å²) in [5, 5.41) is 3.26. The highest BCUT2D eigenvalue weighted by Crippen LogP contribution is 2.25. The molecular weight excluding hydrogens is 350 g/mol. The number of likely N-dealkylation sites (tertiary alicyclic amines) is 1. The molecule has 2 aromatic rings. The summed E-state index contributed by atoms with van der Waals surface area (Å²) in [7, 11) is 0. The Balaban J connectivity index is 1.38. The van der Waals surface area contributed by atoms with Gasteiger partial charge in [-0.3, -0.25) is 14.7 Å². The van der Waals surface area contributed by atoms with Gasteiger partial charge in [-0.15, -0.1) is 0 Å². The largest absolute Gasteiger partial charge is 0.355 e. The van der Waals surface area contributed by atoms with Crippen LogP contribution in [0.25, 0.3) is 0 Å². The molecule has 0 aliphatic carbocycles. The monoisotopic (exact) mass is 379 g/mol. The van der Waals surface area contributed by atoms with E-state index in [2.05, 4.69) is 49.4 Å². The molecule has 1 aromatic heterocycles. The maximum Gasteiger partial charge on any atom is 0.224 e. The predicted molar refractivity (Wildman–Crippen MR) is 110 cm³/mol. The Morgan fingerprint density at radius 2 is 1.93 bits per heavy atom. The van der Waals surface area contributed by atoms with E-state index in [9.17, 15) is 4.79 Å². The number of carbonyl (C=O) groups is 1. The molecular formula is C22H29N5O. The van der Waals surface area contributed by atoms with Gasteiger partial charge in [0.15, 0.2) is 0 Å². The van der Waals surface area contributed by atoms with Gasteiger partial charge in [-0.05, 0) is 44.3 Å². The van der Waals surface area contributed by atoms with Crippen LogP contribution in [0, 0.1) is 5.92 Å². The average molecular weight is 380 g/mol. The second-order valence-electron chi connectivity index (χ2n) is 7.76. The molecule has 6 nitrogen and oxygen atoms in total. The summed E-state index contributed by atoms with van der Waals surface area (Å²) >= 11 is 0. The molecule has 2 atom stereocenters. The Kier molecular flexibility index (Phi) is 6.17. The van der Waals surface area contributed by atoms with Crippen molar-refractivity contribution in [2.45, 2.75) is 31.7 Å². The van der Waals surface area contributed by atoms with E-state index in [1.54, 1.807) is 18.6 Å². The van der Waals surface area contributed by atoms with Crippen LogP contribution in [0.5, 0.6) is 0 Å². The summed E-state index contributed by atoms with van der Waals surface area (Å²) in [5.74, 6) is 1.03. The summed E-state index contributed by atoms with van der Waals surface area (Å²) in [4.78, 5) is 26.2. The average Bonchev–Trinajstić information content (AvgIpc) is 3.30. The van der Waals surface area contributed by atoms with Gasteiger partial charge in [-0.1, -0.05) is 30.3 Å². The summed E-state index contributed by atoms with van der Waals surface area (Å²) in [6.45, 7) is 4.54. The number of hydrogen-bond acceptors (Lipinski definition) is 5. The molecule has 6 heteroatoms. The number of rotatable bonds is 6. The molecule has 1 aromatic carbocycles. The van der Waals surface area contributed by atoms with Crippen LogP contribution in [0.1, 0.15) is 37.3 Å². The Morgan fingerprint density at radius 3 is 2.68 bits per heavy atom. The van der Waals surface area contributed by atoms with Crippen molar-refractivity contribution in [2.24, 2.45) is 5.92 Å². The van der Waals surface area contributed by atoms with Crippen LogP contribution in [0.3, 0.4) is 0 Å². The maximum absolute atomic E-state index is 12.9. The smallest absolute Gasteiger partial charge is 0.224 e. The number of carbonyl (C=O) groups excluding carboxylic acids is 1. The van der Waals surface area contributed by atoms with Crippen molar-refractivity contribution in [1.29, 1.82) is 0 Å². The molecule has 148 valence electrons. The second-order valence-corrected chi connectivity index (χ2v) is 7.76. The molecule has 2 unspecified atom stereocenters. The van der Waals surface area contributed by atoms with Crippen LogP contribution < -0.4 is 10.2 Å². The summed E-state index contributed by atoms with van der Waals surface area (Å²) in [6.07, 6.45) is 9.59. The van der Waals surface area contributed by atoms with Crippen LogP contribution in [-0.4, -0.2) is 53.5 Å². The van der Waals surface area contributed by atoms with Gasteiger partial charge in [0, 0.05) is 32.0 Å². The van der Waals surface area contributed by atoms with Crippen LogP contribution in [-0.2, 0) is 4.79 Å². The molecule has 2 fully saturated rings. The van der Waals surface area contributed by atoms with Gasteiger partial charge in [-0.25, -0.2) is 4.98 Å². The van der Waals surface area contributed by atoms with Gasteiger partial charge < -0.3 is 10.2 Å². The van der Waals surface area contributed by atoms with Gasteiger partial charge in [0.2, 0.25) is 5.91 Å². The lowest BCUT2D eigenvalue weighted by Crippen LogP contribution is -2.45. The third-order valence-corrected chi connectivity index (χ3v) is 5.90. The quantitative estimate of drug-likeness (QED) is 0.836. The van der Waals surface area contributed by atoms with Crippen molar-refractivity contribution < 1.29 is 4.79 Å². The summed E-state index contributed by atoms with van der Waals surface area (Å²) < 4.78 is 0. The molecule has 2 aliphatic rings. The molecule has 2 aliphatic heterocycles. The van der Waals surface area contributed by atoms with Crippen LogP contribution >= 0.6 is 0 Å². The number of amides is 1. The fraction of sp³-hybridized carbons (Fsp3) is 0.500. The standard InChI is InChI=1S/C22H29N5O/c28-22(19-9-6-14-27(17-19)21-16-23-10-11-24-21)25-15-20(26-12-4-5-13-26)18-7-2-1-3-8-18/h1-3,7-8,10-11,16,19-20H,4-6,9,12-15,17H2,(H,25,28). The highest BCUT2D eigenvalue weighted by Gasteiger charge is 2.28. The number of hydrogen-bond donors (Lipinski definition) is 1. The van der Waals surface area contributed by atoms with Gasteiger partial charge in [0.05, 0.1) is 18.2 Å². The van der Waals surface area contributed by atoms with Crippen molar-refractivity contribution in [2.75, 3.05) is 37.6 Å². The van der Waals surface area contributed by atoms with E-state index >= 15 is 0 Å².